The molecule has 0 spiro atoms. The van der Waals surface area contributed by atoms with Gasteiger partial charge >= 0.3 is 0 Å². The zero-order valence-electron chi connectivity index (χ0n) is 9.74. The molecule has 0 bridgehead atoms. The van der Waals surface area contributed by atoms with Gasteiger partial charge in [-0.15, -0.1) is 11.6 Å². The number of hydrogen-bond donors (Lipinski definition) is 1. The highest BCUT2D eigenvalue weighted by atomic mass is 35.5. The van der Waals surface area contributed by atoms with Crippen LogP contribution in [0.25, 0.3) is 0 Å². The molecular formula is C12H10Cl3N3O. The number of nitrogens with zero attached hydrogens (tertiary/aromatic N) is 2. The molecule has 0 saturated heterocycles. The lowest BCUT2D eigenvalue weighted by Gasteiger charge is -2.02. The Bertz CT molecular complexity index is 580. The molecule has 1 aromatic carbocycles. The molecule has 4 nitrogen and oxygen atoms in total. The highest BCUT2D eigenvalue weighted by Crippen LogP contribution is 2.20. The van der Waals surface area contributed by atoms with E-state index < -0.39 is 0 Å². The summed E-state index contributed by atoms with van der Waals surface area (Å²) in [5, 5.41) is 7.74. The fourth-order valence-electron chi connectivity index (χ4n) is 1.51. The number of anilines is 1. The van der Waals surface area contributed by atoms with Gasteiger partial charge in [-0.1, -0.05) is 35.3 Å². The van der Waals surface area contributed by atoms with Crippen LogP contribution in [0, 0.1) is 0 Å². The molecule has 0 saturated carbocycles. The lowest BCUT2D eigenvalue weighted by molar-refractivity contribution is -0.113. The molecule has 0 aliphatic carbocycles. The van der Waals surface area contributed by atoms with Crippen LogP contribution in [0.15, 0.2) is 30.5 Å². The van der Waals surface area contributed by atoms with E-state index in [1.54, 1.807) is 23.0 Å². The van der Waals surface area contributed by atoms with Gasteiger partial charge in [0.25, 0.3) is 0 Å². The third-order valence-electron chi connectivity index (χ3n) is 2.35. The zero-order valence-corrected chi connectivity index (χ0v) is 12.0. The number of aromatic nitrogens is 2. The minimum absolute atomic E-state index is 0.139. The third kappa shape index (κ3) is 3.86. The predicted molar refractivity (Wildman–Crippen MR) is 77.1 cm³/mol. The molecule has 0 radical (unpaired) electrons. The molecule has 1 N–H and O–H groups in total. The number of amides is 1. The molecule has 19 heavy (non-hydrogen) atoms. The number of rotatable bonds is 4. The van der Waals surface area contributed by atoms with Gasteiger partial charge in [0.2, 0.25) is 5.91 Å². The Kier molecular flexibility index (Phi) is 4.69. The first-order valence-electron chi connectivity index (χ1n) is 5.41. The summed E-state index contributed by atoms with van der Waals surface area (Å²) >= 11 is 17.2. The maximum atomic E-state index is 11.2. The molecule has 2 rings (SSSR count). The van der Waals surface area contributed by atoms with E-state index in [1.807, 2.05) is 12.1 Å². The number of halogens is 3. The van der Waals surface area contributed by atoms with Gasteiger partial charge in [-0.05, 0) is 17.7 Å². The molecule has 1 heterocycles. The fraction of sp³-hybridized carbons (Fsp3) is 0.167. The van der Waals surface area contributed by atoms with Crippen LogP contribution in [0.2, 0.25) is 10.0 Å². The Morgan fingerprint density at radius 3 is 2.58 bits per heavy atom. The summed E-state index contributed by atoms with van der Waals surface area (Å²) in [6, 6.07) is 7.40. The van der Waals surface area contributed by atoms with E-state index in [1.165, 1.54) is 0 Å². The van der Waals surface area contributed by atoms with Crippen LogP contribution in [0.4, 0.5) is 5.82 Å². The zero-order chi connectivity index (χ0) is 13.8. The Hall–Kier alpha value is -1.23. The van der Waals surface area contributed by atoms with Crippen molar-refractivity contribution in [1.82, 2.24) is 9.78 Å². The minimum atomic E-state index is -0.347. The van der Waals surface area contributed by atoms with Gasteiger partial charge in [-0.3, -0.25) is 9.48 Å². The molecule has 0 atom stereocenters. The summed E-state index contributed by atoms with van der Waals surface area (Å²) in [6.07, 6.45) is 1.64. The second-order valence-electron chi connectivity index (χ2n) is 3.83. The van der Waals surface area contributed by atoms with Crippen LogP contribution < -0.4 is 5.32 Å². The number of hydrogen-bond acceptors (Lipinski definition) is 2. The van der Waals surface area contributed by atoms with E-state index in [0.717, 1.165) is 5.56 Å². The summed E-state index contributed by atoms with van der Waals surface area (Å²) in [4.78, 5) is 11.2. The Balaban J connectivity index is 2.11. The molecule has 2 aromatic rings. The van der Waals surface area contributed by atoms with E-state index in [-0.39, 0.29) is 11.8 Å². The first-order chi connectivity index (χ1) is 9.08. The van der Waals surface area contributed by atoms with Crippen LogP contribution in [0.1, 0.15) is 5.56 Å². The van der Waals surface area contributed by atoms with Crippen molar-refractivity contribution in [2.75, 3.05) is 11.2 Å². The van der Waals surface area contributed by atoms with Crippen molar-refractivity contribution in [2.24, 2.45) is 0 Å². The summed E-state index contributed by atoms with van der Waals surface area (Å²) in [7, 11) is 0. The quantitative estimate of drug-likeness (QED) is 0.878. The van der Waals surface area contributed by atoms with Gasteiger partial charge < -0.3 is 5.32 Å². The Labute approximate surface area is 125 Å². The normalized spacial score (nSPS) is 10.5. The van der Waals surface area contributed by atoms with E-state index >= 15 is 0 Å². The number of benzene rings is 1. The van der Waals surface area contributed by atoms with Crippen LogP contribution in [0.5, 0.6) is 0 Å². The summed E-state index contributed by atoms with van der Waals surface area (Å²) < 4.78 is 1.63. The molecule has 1 amide bonds. The lowest BCUT2D eigenvalue weighted by atomic mass is 10.2. The minimum Gasteiger partial charge on any atom is -0.307 e. The van der Waals surface area contributed by atoms with Crippen molar-refractivity contribution in [3.05, 3.63) is 46.1 Å². The van der Waals surface area contributed by atoms with Crippen molar-refractivity contribution >= 4 is 46.5 Å². The van der Waals surface area contributed by atoms with Crippen LogP contribution in [-0.4, -0.2) is 21.6 Å². The highest BCUT2D eigenvalue weighted by molar-refractivity contribution is 6.34. The number of nitrogens with one attached hydrogen (secondary N) is 1. The topological polar surface area (TPSA) is 46.9 Å². The molecule has 1 aromatic heterocycles. The maximum absolute atomic E-state index is 11.2. The molecule has 7 heteroatoms. The summed E-state index contributed by atoms with van der Waals surface area (Å²) in [5.74, 6) is -0.179. The fourth-order valence-corrected chi connectivity index (χ4v) is 1.90. The maximum Gasteiger partial charge on any atom is 0.240 e. The number of carbonyl (C=O) groups excluding carboxylic acids is 1. The van der Waals surface area contributed by atoms with Gasteiger partial charge in [0, 0.05) is 11.2 Å². The van der Waals surface area contributed by atoms with E-state index in [2.05, 4.69) is 10.4 Å². The van der Waals surface area contributed by atoms with Crippen molar-refractivity contribution in [3.63, 3.8) is 0 Å². The van der Waals surface area contributed by atoms with Crippen LogP contribution in [-0.2, 0) is 11.3 Å². The smallest absolute Gasteiger partial charge is 0.240 e. The largest absolute Gasteiger partial charge is 0.307 e. The number of alkyl halides is 1. The van der Waals surface area contributed by atoms with Gasteiger partial charge in [0.15, 0.2) is 5.82 Å². The van der Waals surface area contributed by atoms with E-state index in [0.29, 0.717) is 22.4 Å². The first-order valence-corrected chi connectivity index (χ1v) is 6.70. The summed E-state index contributed by atoms with van der Waals surface area (Å²) in [5.41, 5.74) is 1.03. The Morgan fingerprint density at radius 2 is 1.95 bits per heavy atom. The predicted octanol–water partition coefficient (Wildman–Crippen LogP) is 3.42. The molecular weight excluding hydrogens is 309 g/mol. The Morgan fingerprint density at radius 1 is 1.26 bits per heavy atom. The van der Waals surface area contributed by atoms with E-state index in [4.69, 9.17) is 34.8 Å². The second kappa shape index (κ2) is 6.28. The third-order valence-corrected chi connectivity index (χ3v) is 3.13. The molecule has 100 valence electrons. The van der Waals surface area contributed by atoms with E-state index in [9.17, 15) is 4.79 Å². The number of carbonyl (C=O) groups is 1. The highest BCUT2D eigenvalue weighted by Gasteiger charge is 2.10. The average Bonchev–Trinajstić information content (AvgIpc) is 2.72. The lowest BCUT2D eigenvalue weighted by Crippen LogP contribution is -2.13. The molecule has 0 aliphatic heterocycles. The van der Waals surface area contributed by atoms with Crippen molar-refractivity contribution in [1.29, 1.82) is 0 Å². The first kappa shape index (κ1) is 14.2. The van der Waals surface area contributed by atoms with Gasteiger partial charge in [0.05, 0.1) is 6.54 Å². The van der Waals surface area contributed by atoms with Gasteiger partial charge in [-0.25, -0.2) is 0 Å². The van der Waals surface area contributed by atoms with Crippen LogP contribution >= 0.6 is 34.8 Å². The molecule has 0 fully saturated rings. The molecule has 0 unspecified atom stereocenters. The monoisotopic (exact) mass is 317 g/mol. The van der Waals surface area contributed by atoms with Gasteiger partial charge in [0.1, 0.15) is 10.9 Å². The second-order valence-corrected chi connectivity index (χ2v) is 4.94. The summed E-state index contributed by atoms with van der Waals surface area (Å²) in [6.45, 7) is 0.535. The van der Waals surface area contributed by atoms with Crippen LogP contribution in [0.3, 0.4) is 0 Å². The average molecular weight is 319 g/mol. The standard InChI is InChI=1S/C12H10Cl3N3O/c13-5-11(19)16-12-10(15)7-18(17-12)6-8-1-3-9(14)4-2-8/h1-4,7H,5-6H2,(H,16,17,19). The van der Waals surface area contributed by atoms with Gasteiger partial charge in [-0.2, -0.15) is 5.10 Å². The van der Waals surface area contributed by atoms with Crippen molar-refractivity contribution in [3.8, 4) is 0 Å². The van der Waals surface area contributed by atoms with Crippen molar-refractivity contribution < 1.29 is 4.79 Å². The van der Waals surface area contributed by atoms with Crippen molar-refractivity contribution in [2.45, 2.75) is 6.54 Å². The SMILES string of the molecule is O=C(CCl)Nc1nn(Cc2ccc(Cl)cc2)cc1Cl. The molecule has 0 aliphatic rings.